The molecular weight excluding hydrogens is 312 g/mol. The molecule has 0 aliphatic rings. The summed E-state index contributed by atoms with van der Waals surface area (Å²) in [6.07, 6.45) is 4.66. The first-order valence-electron chi connectivity index (χ1n) is 9.11. The maximum atomic E-state index is 11.6. The minimum atomic E-state index is -0.518. The highest BCUT2D eigenvalue weighted by atomic mass is 16.7. The molecule has 0 aromatic heterocycles. The first-order chi connectivity index (χ1) is 11.5. The molecule has 0 bridgehead atoms. The molecule has 0 aromatic carbocycles. The van der Waals surface area contributed by atoms with E-state index in [9.17, 15) is 9.59 Å². The van der Waals surface area contributed by atoms with E-state index in [-0.39, 0.29) is 24.8 Å². The Kier molecular flexibility index (Phi) is 14.7. The molecule has 2 unspecified atom stereocenters. The molecule has 2 atom stereocenters. The Morgan fingerprint density at radius 3 is 1.42 bits per heavy atom. The first kappa shape index (κ1) is 22.9. The monoisotopic (exact) mass is 346 g/mol. The fourth-order valence-electron chi connectivity index (χ4n) is 1.88. The van der Waals surface area contributed by atoms with Gasteiger partial charge in [-0.15, -0.1) is 0 Å². The van der Waals surface area contributed by atoms with Crippen molar-refractivity contribution in [3.63, 3.8) is 0 Å². The van der Waals surface area contributed by atoms with Gasteiger partial charge in [-0.1, -0.05) is 26.7 Å². The van der Waals surface area contributed by atoms with E-state index < -0.39 is 12.6 Å². The number of hydrogen-bond acceptors (Lipinski definition) is 6. The number of unbranched alkanes of at least 4 members (excludes halogenated alkanes) is 3. The van der Waals surface area contributed by atoms with Gasteiger partial charge in [-0.25, -0.2) is 0 Å². The molecule has 24 heavy (non-hydrogen) atoms. The number of carbonyl (C=O) groups is 2. The predicted molar refractivity (Wildman–Crippen MR) is 91.3 cm³/mol. The minimum absolute atomic E-state index is 0.275. The maximum absolute atomic E-state index is 11.6. The Labute approximate surface area is 146 Å². The van der Waals surface area contributed by atoms with Gasteiger partial charge in [-0.05, 0) is 39.5 Å². The fourth-order valence-corrected chi connectivity index (χ4v) is 1.88. The number of hydrogen-bond donors (Lipinski definition) is 0. The Morgan fingerprint density at radius 1 is 0.708 bits per heavy atom. The van der Waals surface area contributed by atoms with Crippen LogP contribution in [-0.2, 0) is 28.5 Å². The second-order valence-corrected chi connectivity index (χ2v) is 5.77. The van der Waals surface area contributed by atoms with Crippen LogP contribution in [0.25, 0.3) is 0 Å². The van der Waals surface area contributed by atoms with Gasteiger partial charge in [0.15, 0.2) is 12.6 Å². The minimum Gasteiger partial charge on any atom is -0.436 e. The van der Waals surface area contributed by atoms with E-state index in [1.54, 1.807) is 13.8 Å². The Balaban J connectivity index is 3.62. The molecule has 0 spiro atoms. The van der Waals surface area contributed by atoms with Crippen LogP contribution in [0.4, 0.5) is 0 Å². The van der Waals surface area contributed by atoms with Crippen molar-refractivity contribution < 1.29 is 28.5 Å². The van der Waals surface area contributed by atoms with Gasteiger partial charge in [-0.2, -0.15) is 0 Å². The second-order valence-electron chi connectivity index (χ2n) is 5.77. The average Bonchev–Trinajstić information content (AvgIpc) is 2.52. The van der Waals surface area contributed by atoms with Gasteiger partial charge >= 0.3 is 11.9 Å². The van der Waals surface area contributed by atoms with Crippen LogP contribution in [0.3, 0.4) is 0 Å². The van der Waals surface area contributed by atoms with E-state index in [0.29, 0.717) is 26.1 Å². The van der Waals surface area contributed by atoms with Crippen LogP contribution in [0.5, 0.6) is 0 Å². The number of ether oxygens (including phenoxy) is 4. The quantitative estimate of drug-likeness (QED) is 0.254. The molecule has 0 radical (unpaired) electrons. The van der Waals surface area contributed by atoms with Gasteiger partial charge in [0.25, 0.3) is 0 Å². The summed E-state index contributed by atoms with van der Waals surface area (Å²) in [7, 11) is 0. The summed E-state index contributed by atoms with van der Waals surface area (Å²) < 4.78 is 21.0. The molecule has 0 fully saturated rings. The van der Waals surface area contributed by atoms with Gasteiger partial charge in [0.05, 0.1) is 13.2 Å². The molecule has 6 nitrogen and oxygen atoms in total. The van der Waals surface area contributed by atoms with Crippen molar-refractivity contribution in [3.8, 4) is 0 Å². The highest BCUT2D eigenvalue weighted by Gasteiger charge is 2.12. The van der Waals surface area contributed by atoms with Crippen molar-refractivity contribution >= 4 is 11.9 Å². The van der Waals surface area contributed by atoms with E-state index in [0.717, 1.165) is 25.7 Å². The van der Waals surface area contributed by atoms with E-state index in [1.807, 2.05) is 0 Å². The zero-order valence-electron chi connectivity index (χ0n) is 15.7. The smallest absolute Gasteiger partial charge is 0.308 e. The molecule has 0 aliphatic heterocycles. The molecule has 142 valence electrons. The van der Waals surface area contributed by atoms with Crippen LogP contribution >= 0.6 is 0 Å². The van der Waals surface area contributed by atoms with Gasteiger partial charge in [-0.3, -0.25) is 9.59 Å². The summed E-state index contributed by atoms with van der Waals surface area (Å²) in [5.74, 6) is -0.604. The predicted octanol–water partition coefficient (Wildman–Crippen LogP) is 3.96. The van der Waals surface area contributed by atoms with Crippen LogP contribution in [0.2, 0.25) is 0 Å². The lowest BCUT2D eigenvalue weighted by Gasteiger charge is -2.14. The summed E-state index contributed by atoms with van der Waals surface area (Å²) in [5, 5.41) is 0. The van der Waals surface area contributed by atoms with Crippen LogP contribution in [0, 0.1) is 0 Å². The van der Waals surface area contributed by atoms with Crippen LogP contribution in [0.15, 0.2) is 0 Å². The van der Waals surface area contributed by atoms with Crippen molar-refractivity contribution in [2.24, 2.45) is 0 Å². The van der Waals surface area contributed by atoms with Crippen LogP contribution in [-0.4, -0.2) is 37.7 Å². The lowest BCUT2D eigenvalue weighted by Crippen LogP contribution is -2.19. The third-order valence-corrected chi connectivity index (χ3v) is 3.31. The van der Waals surface area contributed by atoms with Crippen molar-refractivity contribution in [2.75, 3.05) is 13.2 Å². The van der Waals surface area contributed by atoms with Crippen molar-refractivity contribution in [2.45, 2.75) is 91.6 Å². The normalized spacial score (nSPS) is 13.3. The van der Waals surface area contributed by atoms with E-state index in [2.05, 4.69) is 13.8 Å². The Hall–Kier alpha value is -1.14. The lowest BCUT2D eigenvalue weighted by atomic mass is 10.2. The summed E-state index contributed by atoms with van der Waals surface area (Å²) in [6.45, 7) is 8.76. The standard InChI is InChI=1S/C18H34O6/c1-5-7-13-21-15(3)23-17(19)11-9-10-12-18(20)24-16(4)22-14-8-6-2/h15-16H,5-14H2,1-4H3. The first-order valence-corrected chi connectivity index (χ1v) is 9.11. The largest absolute Gasteiger partial charge is 0.436 e. The molecule has 0 aromatic rings. The van der Waals surface area contributed by atoms with Crippen molar-refractivity contribution in [3.05, 3.63) is 0 Å². The molecule has 0 amide bonds. The number of esters is 2. The number of rotatable bonds is 15. The third-order valence-electron chi connectivity index (χ3n) is 3.31. The summed E-state index contributed by atoms with van der Waals surface area (Å²) >= 11 is 0. The number of carbonyl (C=O) groups excluding carboxylic acids is 2. The van der Waals surface area contributed by atoms with Gasteiger partial charge < -0.3 is 18.9 Å². The van der Waals surface area contributed by atoms with Gasteiger partial charge in [0, 0.05) is 12.8 Å². The zero-order valence-corrected chi connectivity index (χ0v) is 15.7. The highest BCUT2D eigenvalue weighted by molar-refractivity contribution is 5.70. The maximum Gasteiger partial charge on any atom is 0.308 e. The van der Waals surface area contributed by atoms with Crippen LogP contribution < -0.4 is 0 Å². The molecule has 0 saturated carbocycles. The summed E-state index contributed by atoms with van der Waals surface area (Å²) in [6, 6.07) is 0. The molecule has 0 heterocycles. The molecular formula is C18H34O6. The molecule has 0 aliphatic carbocycles. The van der Waals surface area contributed by atoms with Crippen LogP contribution in [0.1, 0.15) is 79.1 Å². The van der Waals surface area contributed by atoms with E-state index in [1.165, 1.54) is 0 Å². The fraction of sp³-hybridized carbons (Fsp3) is 0.889. The molecule has 0 N–H and O–H groups in total. The van der Waals surface area contributed by atoms with Gasteiger partial charge in [0.1, 0.15) is 0 Å². The highest BCUT2D eigenvalue weighted by Crippen LogP contribution is 2.07. The molecule has 0 saturated heterocycles. The molecule has 0 rings (SSSR count). The van der Waals surface area contributed by atoms with Crippen molar-refractivity contribution in [1.29, 1.82) is 0 Å². The SMILES string of the molecule is CCCCOC(C)OC(=O)CCCCC(=O)OC(C)OCCCC. The lowest BCUT2D eigenvalue weighted by molar-refractivity contribution is -0.177. The molecule has 6 heteroatoms. The van der Waals surface area contributed by atoms with Crippen molar-refractivity contribution in [1.82, 2.24) is 0 Å². The van der Waals surface area contributed by atoms with E-state index >= 15 is 0 Å². The Morgan fingerprint density at radius 2 is 1.08 bits per heavy atom. The summed E-state index contributed by atoms with van der Waals surface area (Å²) in [4.78, 5) is 23.2. The average molecular weight is 346 g/mol. The third kappa shape index (κ3) is 14.5. The van der Waals surface area contributed by atoms with E-state index in [4.69, 9.17) is 18.9 Å². The Bertz CT molecular complexity index is 299. The summed E-state index contributed by atoms with van der Waals surface area (Å²) in [5.41, 5.74) is 0. The topological polar surface area (TPSA) is 71.1 Å². The zero-order chi connectivity index (χ0) is 18.2. The second kappa shape index (κ2) is 15.4. The van der Waals surface area contributed by atoms with Gasteiger partial charge in [0.2, 0.25) is 0 Å².